The summed E-state index contributed by atoms with van der Waals surface area (Å²) in [5, 5.41) is 3.95. The summed E-state index contributed by atoms with van der Waals surface area (Å²) in [5.74, 6) is 1.94. The third-order valence-electron chi connectivity index (χ3n) is 3.81. The number of hydrogen-bond acceptors (Lipinski definition) is 6. The summed E-state index contributed by atoms with van der Waals surface area (Å²) in [7, 11) is 1.64. The molecule has 0 radical (unpaired) electrons. The summed E-state index contributed by atoms with van der Waals surface area (Å²) in [5.41, 5.74) is 8.83. The van der Waals surface area contributed by atoms with Crippen LogP contribution in [0, 0.1) is 0 Å². The second kappa shape index (κ2) is 8.30. The molecular weight excluding hydrogens is 318 g/mol. The van der Waals surface area contributed by atoms with E-state index in [0.29, 0.717) is 31.3 Å². The van der Waals surface area contributed by atoms with Crippen LogP contribution in [0.4, 0.5) is 5.69 Å². The van der Waals surface area contributed by atoms with Crippen LogP contribution in [0.5, 0.6) is 5.75 Å². The van der Waals surface area contributed by atoms with Gasteiger partial charge < -0.3 is 19.7 Å². The number of para-hydroxylation sites is 1. The van der Waals surface area contributed by atoms with Crippen LogP contribution in [0.3, 0.4) is 0 Å². The minimum atomic E-state index is 0.300. The highest BCUT2D eigenvalue weighted by Crippen LogP contribution is 2.15. The van der Waals surface area contributed by atoms with E-state index < -0.39 is 0 Å². The van der Waals surface area contributed by atoms with Gasteiger partial charge in [-0.25, -0.2) is 0 Å². The molecule has 0 fully saturated rings. The first kappa shape index (κ1) is 17.0. The fourth-order valence-corrected chi connectivity index (χ4v) is 2.48. The van der Waals surface area contributed by atoms with Gasteiger partial charge in [0.2, 0.25) is 5.89 Å². The number of rotatable bonds is 8. The standard InChI is InChI=1S/C19H21N3O3/c1-23-16-7-4-5-14(11-16)12-24-13-18-21-19(25-22-18)10-9-15-6-2-3-8-17(15)20/h2-8,11H,9-10,12-13,20H2,1H3. The molecule has 0 unspecified atom stereocenters. The van der Waals surface area contributed by atoms with Crippen LogP contribution in [-0.2, 0) is 30.8 Å². The molecule has 2 aromatic carbocycles. The highest BCUT2D eigenvalue weighted by atomic mass is 16.5. The summed E-state index contributed by atoms with van der Waals surface area (Å²) in [6.07, 6.45) is 1.41. The zero-order valence-electron chi connectivity index (χ0n) is 14.1. The molecule has 25 heavy (non-hydrogen) atoms. The van der Waals surface area contributed by atoms with Crippen molar-refractivity contribution in [2.45, 2.75) is 26.1 Å². The topological polar surface area (TPSA) is 83.4 Å². The van der Waals surface area contributed by atoms with Crippen LogP contribution in [0.1, 0.15) is 22.8 Å². The van der Waals surface area contributed by atoms with Crippen molar-refractivity contribution in [3.63, 3.8) is 0 Å². The van der Waals surface area contributed by atoms with E-state index in [1.165, 1.54) is 0 Å². The lowest BCUT2D eigenvalue weighted by molar-refractivity contribution is 0.0998. The van der Waals surface area contributed by atoms with Crippen molar-refractivity contribution < 1.29 is 14.0 Å². The van der Waals surface area contributed by atoms with Crippen molar-refractivity contribution in [3.8, 4) is 5.75 Å². The number of ether oxygens (including phenoxy) is 2. The van der Waals surface area contributed by atoms with Gasteiger partial charge >= 0.3 is 0 Å². The second-order valence-corrected chi connectivity index (χ2v) is 5.65. The van der Waals surface area contributed by atoms with Gasteiger partial charge in [0.05, 0.1) is 13.7 Å². The molecule has 0 amide bonds. The zero-order chi connectivity index (χ0) is 17.5. The van der Waals surface area contributed by atoms with E-state index in [-0.39, 0.29) is 0 Å². The van der Waals surface area contributed by atoms with E-state index in [1.54, 1.807) is 7.11 Å². The number of aromatic nitrogens is 2. The second-order valence-electron chi connectivity index (χ2n) is 5.65. The van der Waals surface area contributed by atoms with Crippen LogP contribution in [0.2, 0.25) is 0 Å². The molecule has 0 aliphatic heterocycles. The van der Waals surface area contributed by atoms with Crippen LogP contribution < -0.4 is 10.5 Å². The molecule has 2 N–H and O–H groups in total. The van der Waals surface area contributed by atoms with E-state index in [2.05, 4.69) is 10.1 Å². The van der Waals surface area contributed by atoms with Gasteiger partial charge in [0.1, 0.15) is 12.4 Å². The van der Waals surface area contributed by atoms with E-state index in [1.807, 2.05) is 48.5 Å². The first-order valence-corrected chi connectivity index (χ1v) is 8.10. The number of benzene rings is 2. The maximum atomic E-state index is 5.94. The smallest absolute Gasteiger partial charge is 0.227 e. The lowest BCUT2D eigenvalue weighted by Crippen LogP contribution is -1.98. The summed E-state index contributed by atoms with van der Waals surface area (Å²) in [4.78, 5) is 4.35. The number of hydrogen-bond donors (Lipinski definition) is 1. The minimum Gasteiger partial charge on any atom is -0.497 e. The Morgan fingerprint density at radius 2 is 1.92 bits per heavy atom. The lowest BCUT2D eigenvalue weighted by Gasteiger charge is -2.04. The summed E-state index contributed by atoms with van der Waals surface area (Å²) in [6, 6.07) is 15.5. The Balaban J connectivity index is 1.47. The molecule has 130 valence electrons. The van der Waals surface area contributed by atoms with Gasteiger partial charge in [-0.1, -0.05) is 35.5 Å². The quantitative estimate of drug-likeness (QED) is 0.635. The number of anilines is 1. The molecular formula is C19H21N3O3. The van der Waals surface area contributed by atoms with Gasteiger partial charge in [-0.3, -0.25) is 0 Å². The maximum absolute atomic E-state index is 5.94. The van der Waals surface area contributed by atoms with E-state index in [9.17, 15) is 0 Å². The fourth-order valence-electron chi connectivity index (χ4n) is 2.48. The Bertz CT molecular complexity index is 817. The highest BCUT2D eigenvalue weighted by molar-refractivity contribution is 5.46. The molecule has 0 saturated carbocycles. The Morgan fingerprint density at radius 1 is 1.04 bits per heavy atom. The number of methoxy groups -OCH3 is 1. The van der Waals surface area contributed by atoms with Gasteiger partial charge in [0.25, 0.3) is 0 Å². The molecule has 6 nitrogen and oxygen atoms in total. The molecule has 0 saturated heterocycles. The first-order chi connectivity index (χ1) is 12.2. The third-order valence-corrected chi connectivity index (χ3v) is 3.81. The number of nitrogen functional groups attached to an aromatic ring is 1. The number of nitrogens with two attached hydrogens (primary N) is 1. The molecule has 0 bridgehead atoms. The van der Waals surface area contributed by atoms with E-state index in [0.717, 1.165) is 29.0 Å². The van der Waals surface area contributed by atoms with Gasteiger partial charge in [-0.2, -0.15) is 4.98 Å². The number of aryl methyl sites for hydroxylation is 2. The van der Waals surface area contributed by atoms with Crippen molar-refractivity contribution >= 4 is 5.69 Å². The maximum Gasteiger partial charge on any atom is 0.227 e. The largest absolute Gasteiger partial charge is 0.497 e. The average Bonchev–Trinajstić information content (AvgIpc) is 3.09. The third kappa shape index (κ3) is 4.81. The van der Waals surface area contributed by atoms with E-state index in [4.69, 9.17) is 19.7 Å². The fraction of sp³-hybridized carbons (Fsp3) is 0.263. The monoisotopic (exact) mass is 339 g/mol. The SMILES string of the molecule is COc1cccc(COCc2noc(CCc3ccccc3N)n2)c1. The van der Waals surface area contributed by atoms with Crippen molar-refractivity contribution in [1.82, 2.24) is 10.1 Å². The molecule has 0 spiro atoms. The Labute approximate surface area is 146 Å². The minimum absolute atomic E-state index is 0.300. The first-order valence-electron chi connectivity index (χ1n) is 8.10. The molecule has 1 heterocycles. The van der Waals surface area contributed by atoms with Gasteiger partial charge in [-0.05, 0) is 35.7 Å². The molecule has 6 heteroatoms. The van der Waals surface area contributed by atoms with Crippen LogP contribution in [0.25, 0.3) is 0 Å². The predicted molar refractivity (Wildman–Crippen MR) is 94.0 cm³/mol. The van der Waals surface area contributed by atoms with Crippen molar-refractivity contribution in [1.29, 1.82) is 0 Å². The molecule has 0 atom stereocenters. The lowest BCUT2D eigenvalue weighted by atomic mass is 10.1. The summed E-state index contributed by atoms with van der Waals surface area (Å²) >= 11 is 0. The molecule has 3 rings (SSSR count). The number of nitrogens with zero attached hydrogens (tertiary/aromatic N) is 2. The van der Waals surface area contributed by atoms with E-state index >= 15 is 0 Å². The van der Waals surface area contributed by atoms with Crippen LogP contribution >= 0.6 is 0 Å². The average molecular weight is 339 g/mol. The molecule has 0 aliphatic carbocycles. The van der Waals surface area contributed by atoms with Gasteiger partial charge in [0, 0.05) is 12.1 Å². The highest BCUT2D eigenvalue weighted by Gasteiger charge is 2.08. The normalized spacial score (nSPS) is 10.8. The van der Waals surface area contributed by atoms with Crippen LogP contribution in [-0.4, -0.2) is 17.3 Å². The van der Waals surface area contributed by atoms with Crippen molar-refractivity contribution in [3.05, 3.63) is 71.4 Å². The van der Waals surface area contributed by atoms with Crippen molar-refractivity contribution in [2.24, 2.45) is 0 Å². The zero-order valence-corrected chi connectivity index (χ0v) is 14.1. The summed E-state index contributed by atoms with van der Waals surface area (Å²) in [6.45, 7) is 0.760. The summed E-state index contributed by atoms with van der Waals surface area (Å²) < 4.78 is 16.1. The van der Waals surface area contributed by atoms with Crippen molar-refractivity contribution in [2.75, 3.05) is 12.8 Å². The predicted octanol–water partition coefficient (Wildman–Crippen LogP) is 3.16. The molecule has 3 aromatic rings. The van der Waals surface area contributed by atoms with Crippen LogP contribution in [0.15, 0.2) is 53.1 Å². The Kier molecular flexibility index (Phi) is 5.64. The van der Waals surface area contributed by atoms with Gasteiger partial charge in [-0.15, -0.1) is 0 Å². The Hall–Kier alpha value is -2.86. The van der Waals surface area contributed by atoms with Gasteiger partial charge in [0.15, 0.2) is 5.82 Å². The molecule has 1 aromatic heterocycles. The Morgan fingerprint density at radius 3 is 2.76 bits per heavy atom. The molecule has 0 aliphatic rings.